The van der Waals surface area contributed by atoms with Gasteiger partial charge in [0.15, 0.2) is 0 Å². The first-order valence-electron chi connectivity index (χ1n) is 17.6. The second-order valence-corrected chi connectivity index (χ2v) is 14.0. The van der Waals surface area contributed by atoms with Crippen molar-refractivity contribution in [1.29, 1.82) is 0 Å². The second kappa shape index (κ2) is 30.6. The maximum atomic E-state index is 12.9. The van der Waals surface area contributed by atoms with Crippen LogP contribution in [0.4, 0.5) is 0 Å². The van der Waals surface area contributed by atoms with Crippen LogP contribution in [-0.2, 0) is 23.2 Å². The average molecular weight is 603 g/mol. The zero-order valence-corrected chi connectivity index (χ0v) is 28.0. The molecule has 0 radical (unpaired) electrons. The molecule has 0 spiro atoms. The van der Waals surface area contributed by atoms with Crippen LogP contribution in [0.2, 0.25) is 0 Å². The minimum atomic E-state index is -3.95. The van der Waals surface area contributed by atoms with E-state index in [-0.39, 0.29) is 19.0 Å². The Labute approximate surface area is 254 Å². The number of rotatable bonds is 32. The van der Waals surface area contributed by atoms with Gasteiger partial charge in [-0.05, 0) is 12.8 Å². The van der Waals surface area contributed by atoms with Gasteiger partial charge < -0.3 is 14.2 Å². The van der Waals surface area contributed by atoms with Crippen molar-refractivity contribution in [3.8, 4) is 0 Å². The van der Waals surface area contributed by atoms with Gasteiger partial charge in [-0.15, -0.1) is 0 Å². The number of carbonyl (C=O) groups is 2. The largest absolute Gasteiger partial charge is 0.437 e. The van der Waals surface area contributed by atoms with E-state index in [9.17, 15) is 19.3 Å². The molecule has 0 saturated heterocycles. The van der Waals surface area contributed by atoms with E-state index in [2.05, 4.69) is 13.8 Å². The molecule has 0 heterocycles. The third-order valence-electron chi connectivity index (χ3n) is 7.82. The first-order valence-corrected chi connectivity index (χ1v) is 19.3. The highest BCUT2D eigenvalue weighted by Gasteiger charge is 2.31. The molecule has 0 aromatic heterocycles. The predicted molar refractivity (Wildman–Crippen MR) is 172 cm³/mol. The van der Waals surface area contributed by atoms with Crippen LogP contribution in [-0.4, -0.2) is 29.8 Å². The van der Waals surface area contributed by atoms with Gasteiger partial charge in [-0.25, -0.2) is 4.57 Å². The van der Waals surface area contributed by atoms with Crippen LogP contribution in [0.1, 0.15) is 194 Å². The lowest BCUT2D eigenvalue weighted by Gasteiger charge is -2.17. The van der Waals surface area contributed by atoms with Crippen molar-refractivity contribution in [1.82, 2.24) is 0 Å². The van der Waals surface area contributed by atoms with Crippen molar-refractivity contribution in [2.45, 2.75) is 194 Å². The van der Waals surface area contributed by atoms with Crippen molar-refractivity contribution < 1.29 is 28.3 Å². The lowest BCUT2D eigenvalue weighted by Crippen LogP contribution is -2.12. The molecule has 0 amide bonds. The van der Waals surface area contributed by atoms with E-state index >= 15 is 0 Å². The fourth-order valence-electron chi connectivity index (χ4n) is 5.21. The molecule has 0 aliphatic rings. The minimum absolute atomic E-state index is 0.156. The van der Waals surface area contributed by atoms with E-state index in [1.54, 1.807) is 0 Å². The van der Waals surface area contributed by atoms with E-state index in [1.807, 2.05) is 0 Å². The minimum Gasteiger partial charge on any atom is -0.396 e. The maximum absolute atomic E-state index is 12.9. The van der Waals surface area contributed by atoms with Crippen LogP contribution < -0.4 is 0 Å². The summed E-state index contributed by atoms with van der Waals surface area (Å²) in [6.45, 7) is 4.03. The van der Waals surface area contributed by atoms with Gasteiger partial charge in [0.2, 0.25) is 0 Å². The summed E-state index contributed by atoms with van der Waals surface area (Å²) in [7, 11) is -3.95. The molecule has 0 saturated carbocycles. The van der Waals surface area contributed by atoms with Gasteiger partial charge in [0, 0.05) is 12.8 Å². The molecule has 6 nitrogen and oxygen atoms in total. The van der Waals surface area contributed by atoms with Crippen LogP contribution in [0, 0.1) is 0 Å². The van der Waals surface area contributed by atoms with Crippen molar-refractivity contribution >= 4 is 19.5 Å². The Kier molecular flexibility index (Phi) is 29.9. The normalized spacial score (nSPS) is 11.6. The maximum Gasteiger partial charge on any atom is 0.437 e. The summed E-state index contributed by atoms with van der Waals surface area (Å²) >= 11 is 0. The number of hydrogen-bond donors (Lipinski definition) is 1. The molecule has 0 atom stereocenters. The summed E-state index contributed by atoms with van der Waals surface area (Å²) in [6.07, 6.45) is 31.5. The van der Waals surface area contributed by atoms with Gasteiger partial charge >= 0.3 is 19.5 Å². The lowest BCUT2D eigenvalue weighted by atomic mass is 10.0. The fraction of sp³-hybridized carbons (Fsp3) is 0.941. The van der Waals surface area contributed by atoms with Gasteiger partial charge in [0.05, 0.1) is 12.8 Å². The highest BCUT2D eigenvalue weighted by molar-refractivity contribution is 7.54. The molecule has 244 valence electrons. The molecule has 0 bridgehead atoms. The van der Waals surface area contributed by atoms with E-state index in [4.69, 9.17) is 9.05 Å². The zero-order valence-electron chi connectivity index (χ0n) is 27.1. The summed E-state index contributed by atoms with van der Waals surface area (Å²) in [6, 6.07) is 0. The quantitative estimate of drug-likeness (QED) is 0.0608. The van der Waals surface area contributed by atoms with E-state index in [0.717, 1.165) is 25.7 Å². The summed E-state index contributed by atoms with van der Waals surface area (Å²) in [5.74, 6) is -1.22. The van der Waals surface area contributed by atoms with E-state index < -0.39 is 26.1 Å². The Morgan fingerprint density at radius 3 is 0.951 bits per heavy atom. The van der Waals surface area contributed by atoms with Crippen molar-refractivity contribution in [3.05, 3.63) is 0 Å². The molecule has 0 aliphatic heterocycles. The Hall–Kier alpha value is -0.870. The molecule has 7 heteroatoms. The first-order chi connectivity index (χ1) is 20.0. The second-order valence-electron chi connectivity index (χ2n) is 12.0. The van der Waals surface area contributed by atoms with Gasteiger partial charge in [-0.1, -0.05) is 168 Å². The summed E-state index contributed by atoms with van der Waals surface area (Å²) in [4.78, 5) is 24.5. The highest BCUT2D eigenvalue weighted by Crippen LogP contribution is 2.48. The smallest absolute Gasteiger partial charge is 0.396 e. The lowest BCUT2D eigenvalue weighted by molar-refractivity contribution is -0.138. The Morgan fingerprint density at radius 2 is 0.707 bits per heavy atom. The molecular formula is C34H67O6P. The van der Waals surface area contributed by atoms with Crippen molar-refractivity contribution in [3.63, 3.8) is 0 Å². The number of hydrogen-bond acceptors (Lipinski definition) is 6. The average Bonchev–Trinajstić information content (AvgIpc) is 2.93. The van der Waals surface area contributed by atoms with E-state index in [0.29, 0.717) is 12.8 Å². The topological polar surface area (TPSA) is 89.9 Å². The van der Waals surface area contributed by atoms with Crippen LogP contribution >= 0.6 is 7.60 Å². The van der Waals surface area contributed by atoms with Gasteiger partial charge in [-0.3, -0.25) is 9.59 Å². The monoisotopic (exact) mass is 602 g/mol. The predicted octanol–water partition coefficient (Wildman–Crippen LogP) is 11.2. The molecule has 0 unspecified atom stereocenters. The molecule has 0 fully saturated rings. The van der Waals surface area contributed by atoms with Gasteiger partial charge in [-0.2, -0.15) is 0 Å². The van der Waals surface area contributed by atoms with Crippen molar-refractivity contribution in [2.24, 2.45) is 0 Å². The highest BCUT2D eigenvalue weighted by atomic mass is 31.2. The third kappa shape index (κ3) is 29.0. The summed E-state index contributed by atoms with van der Waals surface area (Å²) < 4.78 is 23.0. The Bertz CT molecular complexity index is 591. The van der Waals surface area contributed by atoms with Crippen LogP contribution in [0.5, 0.6) is 0 Å². The SMILES string of the molecule is CCCCCCCCCCCCCCCC(=O)OP(=O)(CCO)OC(=O)CCCCCCCCCCCCCCC. The van der Waals surface area contributed by atoms with Crippen molar-refractivity contribution in [2.75, 3.05) is 12.8 Å². The van der Waals surface area contributed by atoms with Crippen LogP contribution in [0.3, 0.4) is 0 Å². The molecule has 41 heavy (non-hydrogen) atoms. The van der Waals surface area contributed by atoms with Gasteiger partial charge in [0.25, 0.3) is 0 Å². The molecule has 0 aromatic carbocycles. The van der Waals surface area contributed by atoms with Crippen LogP contribution in [0.15, 0.2) is 0 Å². The summed E-state index contributed by atoms with van der Waals surface area (Å²) in [5, 5.41) is 9.27. The van der Waals surface area contributed by atoms with Gasteiger partial charge in [0.1, 0.15) is 0 Å². The molecular weight excluding hydrogens is 535 g/mol. The molecule has 0 aliphatic carbocycles. The standard InChI is InChI=1S/C34H67O6P/c1-3-5-7-9-11-13-15-17-19-21-23-25-27-29-33(36)39-41(38,32-31-35)40-34(37)30-28-26-24-22-20-18-16-14-12-10-8-6-4-2/h35H,3-32H2,1-2H3. The number of unbranched alkanes of at least 4 members (excludes halogenated alkanes) is 24. The number of carbonyl (C=O) groups excluding carboxylic acids is 2. The molecule has 1 N–H and O–H groups in total. The zero-order chi connectivity index (χ0) is 30.3. The van der Waals surface area contributed by atoms with E-state index in [1.165, 1.54) is 128 Å². The summed E-state index contributed by atoms with van der Waals surface area (Å²) in [5.41, 5.74) is 0. The fourth-order valence-corrected chi connectivity index (χ4v) is 6.48. The number of aliphatic hydroxyl groups excluding tert-OH is 1. The Morgan fingerprint density at radius 1 is 0.463 bits per heavy atom. The molecule has 0 aromatic rings. The number of aliphatic hydroxyl groups is 1. The first kappa shape index (κ1) is 40.1. The third-order valence-corrected chi connectivity index (χ3v) is 9.54. The Balaban J connectivity index is 3.81. The molecule has 0 rings (SSSR count). The van der Waals surface area contributed by atoms with Crippen LogP contribution in [0.25, 0.3) is 0 Å².